The molecule has 4 aliphatic carbocycles. The maximum absolute atomic E-state index is 12.3. The molecular formula is C30H39NO4. The number of anilines is 1. The molecule has 0 radical (unpaired) electrons. The van der Waals surface area contributed by atoms with E-state index in [0.29, 0.717) is 37.0 Å². The van der Waals surface area contributed by atoms with Gasteiger partial charge in [0.15, 0.2) is 5.78 Å². The lowest BCUT2D eigenvalue weighted by Gasteiger charge is -2.56. The fourth-order valence-corrected chi connectivity index (χ4v) is 8.13. The molecule has 0 heterocycles. The summed E-state index contributed by atoms with van der Waals surface area (Å²) in [7, 11) is 4.09. The highest BCUT2D eigenvalue weighted by Gasteiger charge is 2.63. The number of carboxylic acid groups (broad SMARTS) is 1. The van der Waals surface area contributed by atoms with E-state index in [-0.39, 0.29) is 23.5 Å². The fourth-order valence-electron chi connectivity index (χ4n) is 8.13. The van der Waals surface area contributed by atoms with Crippen LogP contribution >= 0.6 is 0 Å². The number of rotatable bonds is 5. The van der Waals surface area contributed by atoms with Crippen molar-refractivity contribution in [2.24, 2.45) is 23.2 Å². The number of allylic oxidation sites excluding steroid dienone is 4. The third-order valence-corrected chi connectivity index (χ3v) is 9.96. The van der Waals surface area contributed by atoms with Crippen LogP contribution in [0.5, 0.6) is 0 Å². The Hall–Kier alpha value is -2.40. The Morgan fingerprint density at radius 1 is 1.17 bits per heavy atom. The second-order valence-corrected chi connectivity index (χ2v) is 12.0. The molecule has 2 N–H and O–H groups in total. The topological polar surface area (TPSA) is 77.8 Å². The van der Waals surface area contributed by atoms with Crippen LogP contribution < -0.4 is 4.90 Å². The zero-order chi connectivity index (χ0) is 25.1. The number of carbonyl (C=O) groups excluding carboxylic acids is 1. The van der Waals surface area contributed by atoms with Crippen LogP contribution in [-0.2, 0) is 9.59 Å². The lowest BCUT2D eigenvalue weighted by Crippen LogP contribution is -2.53. The Morgan fingerprint density at radius 2 is 1.89 bits per heavy atom. The second kappa shape index (κ2) is 8.62. The number of fused-ring (bicyclic) bond motifs is 4. The Morgan fingerprint density at radius 3 is 2.54 bits per heavy atom. The van der Waals surface area contributed by atoms with Gasteiger partial charge in [-0.3, -0.25) is 9.59 Å². The molecule has 5 heteroatoms. The Labute approximate surface area is 208 Å². The van der Waals surface area contributed by atoms with E-state index in [4.69, 9.17) is 0 Å². The van der Waals surface area contributed by atoms with Crippen LogP contribution in [0.2, 0.25) is 0 Å². The van der Waals surface area contributed by atoms with Crippen molar-refractivity contribution in [2.75, 3.05) is 19.0 Å². The highest BCUT2D eigenvalue weighted by Crippen LogP contribution is 2.68. The Bertz CT molecular complexity index is 1100. The molecule has 0 aromatic heterocycles. The van der Waals surface area contributed by atoms with Gasteiger partial charge in [-0.2, -0.15) is 0 Å². The van der Waals surface area contributed by atoms with E-state index >= 15 is 0 Å². The minimum Gasteiger partial charge on any atom is -0.481 e. The van der Waals surface area contributed by atoms with Gasteiger partial charge >= 0.3 is 5.97 Å². The predicted octanol–water partition coefficient (Wildman–Crippen LogP) is 5.49. The van der Waals surface area contributed by atoms with Crippen LogP contribution in [0, 0.1) is 23.2 Å². The van der Waals surface area contributed by atoms with E-state index in [1.807, 2.05) is 20.2 Å². The van der Waals surface area contributed by atoms with Crippen molar-refractivity contribution in [1.82, 2.24) is 0 Å². The predicted molar refractivity (Wildman–Crippen MR) is 137 cm³/mol. The van der Waals surface area contributed by atoms with Crippen molar-refractivity contribution >= 4 is 17.4 Å². The highest BCUT2D eigenvalue weighted by atomic mass is 16.4. The molecule has 0 saturated heterocycles. The maximum Gasteiger partial charge on any atom is 0.303 e. The van der Waals surface area contributed by atoms with Crippen LogP contribution in [0.4, 0.5) is 5.69 Å². The van der Waals surface area contributed by atoms with Gasteiger partial charge in [0, 0.05) is 44.0 Å². The molecule has 2 saturated carbocycles. The normalized spacial score (nSPS) is 36.3. The molecule has 6 atom stereocenters. The summed E-state index contributed by atoms with van der Waals surface area (Å²) in [6.45, 7) is 4.55. The van der Waals surface area contributed by atoms with Crippen molar-refractivity contribution in [3.8, 4) is 0 Å². The first-order valence-corrected chi connectivity index (χ1v) is 13.2. The molecule has 188 valence electrons. The Balaban J connectivity index is 1.65. The molecule has 0 unspecified atom stereocenters. The summed E-state index contributed by atoms with van der Waals surface area (Å²) < 4.78 is 0. The van der Waals surface area contributed by atoms with Gasteiger partial charge in [-0.1, -0.05) is 31.6 Å². The fraction of sp³-hybridized carbons (Fsp3) is 0.600. The molecular weight excluding hydrogens is 438 g/mol. The lowest BCUT2D eigenvalue weighted by atomic mass is 9.49. The van der Waals surface area contributed by atoms with Crippen LogP contribution in [0.25, 0.3) is 0 Å². The summed E-state index contributed by atoms with van der Waals surface area (Å²) in [6.07, 6.45) is 6.96. The first-order valence-electron chi connectivity index (χ1n) is 13.2. The molecule has 0 amide bonds. The number of hydrogen-bond donors (Lipinski definition) is 2. The van der Waals surface area contributed by atoms with Gasteiger partial charge < -0.3 is 15.1 Å². The van der Waals surface area contributed by atoms with Crippen LogP contribution in [0.3, 0.4) is 0 Å². The minimum absolute atomic E-state index is 0.00414. The average molecular weight is 478 g/mol. The quantitative estimate of drug-likeness (QED) is 0.586. The van der Waals surface area contributed by atoms with Gasteiger partial charge in [-0.05, 0) is 91.2 Å². The number of aliphatic hydroxyl groups is 1. The summed E-state index contributed by atoms with van der Waals surface area (Å²) in [4.78, 5) is 25.8. The third-order valence-electron chi connectivity index (χ3n) is 9.96. The van der Waals surface area contributed by atoms with Gasteiger partial charge in [0.25, 0.3) is 0 Å². The summed E-state index contributed by atoms with van der Waals surface area (Å²) in [6, 6.07) is 8.80. The highest BCUT2D eigenvalue weighted by molar-refractivity contribution is 5.93. The van der Waals surface area contributed by atoms with Crippen LogP contribution in [-0.4, -0.2) is 41.7 Å². The smallest absolute Gasteiger partial charge is 0.303 e. The third kappa shape index (κ3) is 3.87. The monoisotopic (exact) mass is 477 g/mol. The molecule has 0 bridgehead atoms. The number of benzene rings is 1. The standard InChI is InChI=1S/C30H39NO4/c1-18-15-20-16-22(32)9-10-23(20)28-24(19-5-7-21(8-6-19)31(3)4)17-29(2)25(27(18)28)11-13-30(29,35)14-12-26(33)34/h5-8,16,18,24-25,27,35H,9-15,17H2,1-4H3,(H,33,34)/t18-,24+,25-,27-,29-,30+/m0/s1. The van der Waals surface area contributed by atoms with Crippen LogP contribution in [0.1, 0.15) is 76.7 Å². The van der Waals surface area contributed by atoms with Crippen molar-refractivity contribution in [3.05, 3.63) is 52.6 Å². The maximum atomic E-state index is 12.3. The molecule has 4 aliphatic rings. The van der Waals surface area contributed by atoms with Crippen molar-refractivity contribution in [1.29, 1.82) is 0 Å². The summed E-state index contributed by atoms with van der Waals surface area (Å²) >= 11 is 0. The van der Waals surface area contributed by atoms with Crippen molar-refractivity contribution < 1.29 is 19.8 Å². The Kier molecular flexibility index (Phi) is 5.98. The summed E-state index contributed by atoms with van der Waals surface area (Å²) in [5, 5.41) is 21.4. The second-order valence-electron chi connectivity index (χ2n) is 12.0. The van der Waals surface area contributed by atoms with E-state index in [1.165, 1.54) is 22.3 Å². The van der Waals surface area contributed by atoms with Gasteiger partial charge in [0.1, 0.15) is 0 Å². The van der Waals surface area contributed by atoms with E-state index in [1.54, 1.807) is 0 Å². The van der Waals surface area contributed by atoms with Gasteiger partial charge in [-0.25, -0.2) is 0 Å². The number of carboxylic acids is 1. The summed E-state index contributed by atoms with van der Waals surface area (Å²) in [5.41, 5.74) is 5.25. The average Bonchev–Trinajstić information content (AvgIpc) is 3.07. The first kappa shape index (κ1) is 24.3. The molecule has 5 rings (SSSR count). The molecule has 0 spiro atoms. The van der Waals surface area contributed by atoms with Crippen molar-refractivity contribution in [3.63, 3.8) is 0 Å². The number of aliphatic carboxylic acids is 1. The van der Waals surface area contributed by atoms with Gasteiger partial charge in [-0.15, -0.1) is 0 Å². The first-order chi connectivity index (χ1) is 16.5. The van der Waals surface area contributed by atoms with Gasteiger partial charge in [0.2, 0.25) is 0 Å². The van der Waals surface area contributed by atoms with Crippen molar-refractivity contribution in [2.45, 2.75) is 76.7 Å². The number of hydrogen-bond acceptors (Lipinski definition) is 4. The molecule has 35 heavy (non-hydrogen) atoms. The number of nitrogens with zero attached hydrogens (tertiary/aromatic N) is 1. The SMILES string of the molecule is C[C@H]1CC2=CC(=O)CCC2=C2[C@@H]1[C@@H]1CC[C@@](O)(CCC(=O)O)[C@@]1(C)C[C@@H]2c1ccc(N(C)C)cc1. The van der Waals surface area contributed by atoms with Crippen LogP contribution in [0.15, 0.2) is 47.1 Å². The van der Waals surface area contributed by atoms with Gasteiger partial charge in [0.05, 0.1) is 5.60 Å². The lowest BCUT2D eigenvalue weighted by molar-refractivity contribution is -0.142. The minimum atomic E-state index is -0.966. The number of carbonyl (C=O) groups is 2. The van der Waals surface area contributed by atoms with E-state index in [9.17, 15) is 19.8 Å². The van der Waals surface area contributed by atoms with E-state index in [2.05, 4.69) is 43.0 Å². The largest absolute Gasteiger partial charge is 0.481 e. The summed E-state index contributed by atoms with van der Waals surface area (Å²) in [5.74, 6) is 0.642. The molecule has 5 nitrogen and oxygen atoms in total. The molecule has 0 aliphatic heterocycles. The van der Waals surface area contributed by atoms with E-state index < -0.39 is 11.6 Å². The zero-order valence-corrected chi connectivity index (χ0v) is 21.5. The van der Waals surface area contributed by atoms with E-state index in [0.717, 1.165) is 31.4 Å². The number of ketones is 1. The molecule has 2 fully saturated rings. The molecule has 1 aromatic rings. The zero-order valence-electron chi connectivity index (χ0n) is 21.5. The molecule has 1 aromatic carbocycles.